The summed E-state index contributed by atoms with van der Waals surface area (Å²) in [7, 11) is 1.69. The van der Waals surface area contributed by atoms with Gasteiger partial charge in [-0.1, -0.05) is 11.3 Å². The highest BCUT2D eigenvalue weighted by Crippen LogP contribution is 2.26. The quantitative estimate of drug-likeness (QED) is 0.738. The number of anilines is 2. The number of hydrogen-bond acceptors (Lipinski definition) is 6. The molecule has 1 fully saturated rings. The number of nitrogens with zero attached hydrogens (tertiary/aromatic N) is 5. The average Bonchev–Trinajstić information content (AvgIpc) is 3.12. The lowest BCUT2D eigenvalue weighted by Gasteiger charge is -2.35. The first-order valence-electron chi connectivity index (χ1n) is 7.70. The lowest BCUT2D eigenvalue weighted by molar-refractivity contribution is 0.415. The maximum Gasteiger partial charge on any atom is 0.214 e. The first kappa shape index (κ1) is 14.3. The van der Waals surface area contributed by atoms with Gasteiger partial charge in [-0.05, 0) is 31.2 Å². The van der Waals surface area contributed by atoms with Crippen LogP contribution < -0.4 is 14.5 Å². The van der Waals surface area contributed by atoms with E-state index in [0.29, 0.717) is 0 Å². The van der Waals surface area contributed by atoms with Crippen molar-refractivity contribution in [3.63, 3.8) is 0 Å². The van der Waals surface area contributed by atoms with Crippen LogP contribution in [0, 0.1) is 6.92 Å². The van der Waals surface area contributed by atoms with Crippen molar-refractivity contribution in [1.29, 1.82) is 0 Å². The molecule has 4 rings (SSSR count). The molecule has 3 heterocycles. The van der Waals surface area contributed by atoms with Crippen molar-refractivity contribution in [1.82, 2.24) is 14.6 Å². The fraction of sp³-hybridized carbons (Fsp3) is 0.375. The highest BCUT2D eigenvalue weighted by Gasteiger charge is 2.20. The van der Waals surface area contributed by atoms with Crippen LogP contribution in [-0.4, -0.2) is 47.9 Å². The van der Waals surface area contributed by atoms with Crippen LogP contribution in [0.4, 0.5) is 10.8 Å². The molecule has 0 saturated carbocycles. The van der Waals surface area contributed by atoms with Crippen molar-refractivity contribution in [2.75, 3.05) is 43.1 Å². The van der Waals surface area contributed by atoms with E-state index in [-0.39, 0.29) is 0 Å². The molecule has 1 aliphatic heterocycles. The molecule has 1 aliphatic rings. The number of benzene rings is 1. The Bertz CT molecular complexity index is 770. The van der Waals surface area contributed by atoms with Gasteiger partial charge in [0.1, 0.15) is 5.75 Å². The minimum absolute atomic E-state index is 0.897. The van der Waals surface area contributed by atoms with Crippen LogP contribution in [0.2, 0.25) is 0 Å². The molecule has 0 aliphatic carbocycles. The minimum atomic E-state index is 0.897. The molecule has 0 atom stereocenters. The van der Waals surface area contributed by atoms with Crippen molar-refractivity contribution in [2.45, 2.75) is 6.92 Å². The molecular formula is C16H19N5OS. The Balaban J connectivity index is 1.44. The van der Waals surface area contributed by atoms with E-state index < -0.39 is 0 Å². The molecule has 1 saturated heterocycles. The van der Waals surface area contributed by atoms with Gasteiger partial charge < -0.3 is 14.5 Å². The summed E-state index contributed by atoms with van der Waals surface area (Å²) in [4.78, 5) is 10.2. The van der Waals surface area contributed by atoms with E-state index in [0.717, 1.165) is 47.7 Å². The van der Waals surface area contributed by atoms with Crippen LogP contribution in [0.3, 0.4) is 0 Å². The highest BCUT2D eigenvalue weighted by atomic mass is 32.1. The smallest absolute Gasteiger partial charge is 0.214 e. The van der Waals surface area contributed by atoms with E-state index in [1.165, 1.54) is 5.69 Å². The zero-order valence-electron chi connectivity index (χ0n) is 13.3. The third kappa shape index (κ3) is 2.72. The van der Waals surface area contributed by atoms with Gasteiger partial charge >= 0.3 is 0 Å². The largest absolute Gasteiger partial charge is 0.497 e. The van der Waals surface area contributed by atoms with Crippen LogP contribution >= 0.6 is 11.3 Å². The molecule has 1 aromatic carbocycles. The van der Waals surface area contributed by atoms with Crippen molar-refractivity contribution >= 4 is 27.1 Å². The van der Waals surface area contributed by atoms with Gasteiger partial charge in [-0.15, -0.1) is 5.10 Å². The molecule has 0 bridgehead atoms. The SMILES string of the molecule is COc1ccc(N2CCN(c3nn4cc(C)nc4s3)CC2)cc1. The van der Waals surface area contributed by atoms with Crippen LogP contribution in [0.5, 0.6) is 5.75 Å². The second-order valence-corrected chi connectivity index (χ2v) is 6.60. The van der Waals surface area contributed by atoms with E-state index in [9.17, 15) is 0 Å². The molecule has 23 heavy (non-hydrogen) atoms. The number of ether oxygens (including phenoxy) is 1. The Morgan fingerprint density at radius 2 is 1.74 bits per heavy atom. The number of rotatable bonds is 3. The number of hydrogen-bond donors (Lipinski definition) is 0. The molecular weight excluding hydrogens is 310 g/mol. The Labute approximate surface area is 138 Å². The summed E-state index contributed by atoms with van der Waals surface area (Å²) in [6.45, 7) is 5.93. The Morgan fingerprint density at radius 3 is 2.39 bits per heavy atom. The van der Waals surface area contributed by atoms with E-state index in [2.05, 4.69) is 32.0 Å². The molecule has 0 unspecified atom stereocenters. The number of aryl methyl sites for hydroxylation is 1. The Kier molecular flexibility index (Phi) is 3.57. The number of methoxy groups -OCH3 is 1. The lowest BCUT2D eigenvalue weighted by Crippen LogP contribution is -2.46. The second-order valence-electron chi connectivity index (χ2n) is 5.67. The van der Waals surface area contributed by atoms with Crippen molar-refractivity contribution < 1.29 is 4.74 Å². The molecule has 0 amide bonds. The summed E-state index contributed by atoms with van der Waals surface area (Å²) in [6, 6.07) is 8.27. The zero-order chi connectivity index (χ0) is 15.8. The normalized spacial score (nSPS) is 15.4. The number of piperazine rings is 1. The number of fused-ring (bicyclic) bond motifs is 1. The van der Waals surface area contributed by atoms with Crippen LogP contribution in [0.15, 0.2) is 30.5 Å². The number of imidazole rings is 1. The summed E-state index contributed by atoms with van der Waals surface area (Å²) >= 11 is 1.66. The third-order valence-corrected chi connectivity index (χ3v) is 5.12. The fourth-order valence-corrected chi connectivity index (χ4v) is 3.86. The van der Waals surface area contributed by atoms with Gasteiger partial charge in [0.15, 0.2) is 0 Å². The van der Waals surface area contributed by atoms with Crippen LogP contribution in [0.1, 0.15) is 5.69 Å². The summed E-state index contributed by atoms with van der Waals surface area (Å²) < 4.78 is 7.10. The third-order valence-electron chi connectivity index (χ3n) is 4.14. The molecule has 2 aromatic heterocycles. The second kappa shape index (κ2) is 5.73. The van der Waals surface area contributed by atoms with Crippen LogP contribution in [0.25, 0.3) is 4.96 Å². The van der Waals surface area contributed by atoms with Gasteiger partial charge in [-0.3, -0.25) is 0 Å². The molecule has 120 valence electrons. The maximum atomic E-state index is 5.22. The van der Waals surface area contributed by atoms with Gasteiger partial charge in [0.05, 0.1) is 19.0 Å². The van der Waals surface area contributed by atoms with Gasteiger partial charge in [0.25, 0.3) is 0 Å². The topological polar surface area (TPSA) is 45.9 Å². The maximum absolute atomic E-state index is 5.22. The molecule has 0 N–H and O–H groups in total. The molecule has 7 heteroatoms. The summed E-state index contributed by atoms with van der Waals surface area (Å²) in [5.41, 5.74) is 2.26. The predicted octanol–water partition coefficient (Wildman–Crippen LogP) is 2.43. The molecule has 0 spiro atoms. The van der Waals surface area contributed by atoms with Crippen molar-refractivity contribution in [2.24, 2.45) is 0 Å². The van der Waals surface area contributed by atoms with Crippen molar-refractivity contribution in [3.05, 3.63) is 36.2 Å². The molecule has 6 nitrogen and oxygen atoms in total. The van der Waals surface area contributed by atoms with Gasteiger partial charge in [-0.25, -0.2) is 9.50 Å². The predicted molar refractivity (Wildman–Crippen MR) is 93.0 cm³/mol. The average molecular weight is 329 g/mol. The molecule has 3 aromatic rings. The fourth-order valence-electron chi connectivity index (χ4n) is 2.88. The first-order chi connectivity index (χ1) is 11.2. The monoisotopic (exact) mass is 329 g/mol. The summed E-state index contributed by atoms with van der Waals surface area (Å²) in [5, 5.41) is 5.70. The summed E-state index contributed by atoms with van der Waals surface area (Å²) in [6.07, 6.45) is 1.98. The zero-order valence-corrected chi connectivity index (χ0v) is 14.1. The van der Waals surface area contributed by atoms with Gasteiger partial charge in [0, 0.05) is 31.9 Å². The first-order valence-corrected chi connectivity index (χ1v) is 8.51. The lowest BCUT2D eigenvalue weighted by atomic mass is 10.2. The summed E-state index contributed by atoms with van der Waals surface area (Å²) in [5.74, 6) is 0.897. The van der Waals surface area contributed by atoms with E-state index >= 15 is 0 Å². The standard InChI is InChI=1S/C16H19N5OS/c1-12-11-21-15(17-12)23-16(18-21)20-9-7-19(8-10-20)13-3-5-14(22-2)6-4-13/h3-6,11H,7-10H2,1-2H3. The van der Waals surface area contributed by atoms with E-state index in [1.54, 1.807) is 18.4 Å². The highest BCUT2D eigenvalue weighted by molar-refractivity contribution is 7.20. The Hall–Kier alpha value is -2.28. The van der Waals surface area contributed by atoms with Crippen LogP contribution in [-0.2, 0) is 0 Å². The van der Waals surface area contributed by atoms with E-state index in [4.69, 9.17) is 4.74 Å². The molecule has 0 radical (unpaired) electrons. The Morgan fingerprint density at radius 1 is 1.04 bits per heavy atom. The van der Waals surface area contributed by atoms with Crippen molar-refractivity contribution in [3.8, 4) is 5.75 Å². The van der Waals surface area contributed by atoms with Gasteiger partial charge in [0.2, 0.25) is 10.1 Å². The number of aromatic nitrogens is 3. The minimum Gasteiger partial charge on any atom is -0.497 e. The van der Waals surface area contributed by atoms with Gasteiger partial charge in [-0.2, -0.15) is 0 Å². The van der Waals surface area contributed by atoms with E-state index in [1.807, 2.05) is 29.8 Å².